The van der Waals surface area contributed by atoms with Gasteiger partial charge in [-0.2, -0.15) is 0 Å². The van der Waals surface area contributed by atoms with Crippen molar-refractivity contribution in [2.24, 2.45) is 0 Å². The highest BCUT2D eigenvalue weighted by molar-refractivity contribution is 7.89. The molecule has 0 unspecified atom stereocenters. The maximum Gasteiger partial charge on any atom is 0.241 e. The van der Waals surface area contributed by atoms with Crippen LogP contribution in [0.5, 0.6) is 11.5 Å². The molecule has 1 N–H and O–H groups in total. The van der Waals surface area contributed by atoms with E-state index < -0.39 is 10.0 Å². The molecule has 5 nitrogen and oxygen atoms in total. The number of nitrogens with one attached hydrogen (secondary N) is 1. The quantitative estimate of drug-likeness (QED) is 0.678. The van der Waals surface area contributed by atoms with Crippen LogP contribution in [0.2, 0.25) is 0 Å². The Hall–Kier alpha value is -2.05. The van der Waals surface area contributed by atoms with Crippen molar-refractivity contribution in [1.29, 1.82) is 0 Å². The third-order valence-corrected chi connectivity index (χ3v) is 5.13. The Balaban J connectivity index is 2.17. The smallest absolute Gasteiger partial charge is 0.241 e. The third kappa shape index (κ3) is 5.75. The summed E-state index contributed by atoms with van der Waals surface area (Å²) in [4.78, 5) is 0.166. The van der Waals surface area contributed by atoms with Gasteiger partial charge < -0.3 is 9.47 Å². The molecule has 0 aliphatic rings. The van der Waals surface area contributed by atoms with Gasteiger partial charge in [-0.1, -0.05) is 43.7 Å². The SMILES string of the molecule is CCCOc1ccc(S(=O)(=O)NCc2ccc(C)cc2)cc1OCCC. The predicted molar refractivity (Wildman–Crippen MR) is 103 cm³/mol. The third-order valence-electron chi connectivity index (χ3n) is 3.74. The van der Waals surface area contributed by atoms with Gasteiger partial charge in [0, 0.05) is 12.6 Å². The lowest BCUT2D eigenvalue weighted by Gasteiger charge is -2.14. The van der Waals surface area contributed by atoms with Crippen LogP contribution in [-0.4, -0.2) is 21.6 Å². The molecule has 2 aromatic carbocycles. The highest BCUT2D eigenvalue weighted by Crippen LogP contribution is 2.30. The van der Waals surface area contributed by atoms with Crippen molar-refractivity contribution < 1.29 is 17.9 Å². The Kier molecular flexibility index (Phi) is 7.48. The minimum absolute atomic E-state index is 0.166. The van der Waals surface area contributed by atoms with Gasteiger partial charge >= 0.3 is 0 Å². The van der Waals surface area contributed by atoms with Crippen LogP contribution < -0.4 is 14.2 Å². The molecule has 26 heavy (non-hydrogen) atoms. The summed E-state index contributed by atoms with van der Waals surface area (Å²) in [6, 6.07) is 12.5. The number of benzene rings is 2. The number of hydrogen-bond acceptors (Lipinski definition) is 4. The van der Waals surface area contributed by atoms with E-state index >= 15 is 0 Å². The van der Waals surface area contributed by atoms with E-state index in [4.69, 9.17) is 9.47 Å². The van der Waals surface area contributed by atoms with Crippen molar-refractivity contribution in [3.8, 4) is 11.5 Å². The van der Waals surface area contributed by atoms with E-state index in [0.717, 1.165) is 24.0 Å². The summed E-state index contributed by atoms with van der Waals surface area (Å²) in [5.41, 5.74) is 2.04. The minimum Gasteiger partial charge on any atom is -0.490 e. The zero-order chi connectivity index (χ0) is 19.0. The fourth-order valence-corrected chi connectivity index (χ4v) is 3.31. The summed E-state index contributed by atoms with van der Waals surface area (Å²) in [6.07, 6.45) is 1.70. The van der Waals surface area contributed by atoms with Crippen LogP contribution in [0.25, 0.3) is 0 Å². The topological polar surface area (TPSA) is 64.6 Å². The number of rotatable bonds is 10. The Morgan fingerprint density at radius 2 is 1.50 bits per heavy atom. The normalized spacial score (nSPS) is 11.3. The molecular weight excluding hydrogens is 350 g/mol. The number of ether oxygens (including phenoxy) is 2. The highest BCUT2D eigenvalue weighted by atomic mass is 32.2. The van der Waals surface area contributed by atoms with Crippen molar-refractivity contribution in [2.75, 3.05) is 13.2 Å². The first kappa shape index (κ1) is 20.3. The second kappa shape index (κ2) is 9.59. The molecule has 0 fully saturated rings. The molecule has 0 aliphatic carbocycles. The Labute approximate surface area is 156 Å². The summed E-state index contributed by atoms with van der Waals surface area (Å²) >= 11 is 0. The fraction of sp³-hybridized carbons (Fsp3) is 0.400. The molecule has 6 heteroatoms. The number of hydrogen-bond donors (Lipinski definition) is 1. The lowest BCUT2D eigenvalue weighted by molar-refractivity contribution is 0.267. The first-order chi connectivity index (χ1) is 12.5. The average Bonchev–Trinajstić information content (AvgIpc) is 2.64. The van der Waals surface area contributed by atoms with E-state index in [1.54, 1.807) is 12.1 Å². The second-order valence-electron chi connectivity index (χ2n) is 6.12. The van der Waals surface area contributed by atoms with Crippen molar-refractivity contribution in [2.45, 2.75) is 45.1 Å². The zero-order valence-electron chi connectivity index (χ0n) is 15.6. The van der Waals surface area contributed by atoms with E-state index in [0.29, 0.717) is 24.7 Å². The van der Waals surface area contributed by atoms with Gasteiger partial charge in [0.05, 0.1) is 18.1 Å². The molecule has 0 atom stereocenters. The highest BCUT2D eigenvalue weighted by Gasteiger charge is 2.17. The predicted octanol–water partition coefficient (Wildman–Crippen LogP) is 4.05. The van der Waals surface area contributed by atoms with Crippen molar-refractivity contribution in [3.63, 3.8) is 0 Å². The Morgan fingerprint density at radius 1 is 0.885 bits per heavy atom. The summed E-state index contributed by atoms with van der Waals surface area (Å²) in [5, 5.41) is 0. The largest absolute Gasteiger partial charge is 0.490 e. The maximum atomic E-state index is 12.6. The lowest BCUT2D eigenvalue weighted by Crippen LogP contribution is -2.23. The Morgan fingerprint density at radius 3 is 2.12 bits per heavy atom. The van der Waals surface area contributed by atoms with Crippen LogP contribution in [0.1, 0.15) is 37.8 Å². The molecule has 0 amide bonds. The molecule has 0 saturated carbocycles. The number of sulfonamides is 1. The molecule has 0 bridgehead atoms. The van der Waals surface area contributed by atoms with E-state index in [9.17, 15) is 8.42 Å². The van der Waals surface area contributed by atoms with Crippen LogP contribution in [0.4, 0.5) is 0 Å². The van der Waals surface area contributed by atoms with E-state index in [1.165, 1.54) is 6.07 Å². The molecule has 0 saturated heterocycles. The van der Waals surface area contributed by atoms with E-state index in [1.807, 2.05) is 45.0 Å². The van der Waals surface area contributed by atoms with Gasteiger partial charge in [0.15, 0.2) is 11.5 Å². The standard InChI is InChI=1S/C20H27NO4S/c1-4-12-24-19-11-10-18(14-20(19)25-13-5-2)26(22,23)21-15-17-8-6-16(3)7-9-17/h6-11,14,21H,4-5,12-13,15H2,1-3H3. The minimum atomic E-state index is -3.64. The van der Waals surface area contributed by atoms with Gasteiger partial charge in [-0.05, 0) is 37.5 Å². The molecule has 2 aromatic rings. The molecule has 0 aromatic heterocycles. The molecule has 0 heterocycles. The van der Waals surface area contributed by atoms with Crippen LogP contribution in [0.15, 0.2) is 47.4 Å². The van der Waals surface area contributed by atoms with E-state index in [2.05, 4.69) is 4.72 Å². The molecule has 0 aliphatic heterocycles. The summed E-state index contributed by atoms with van der Waals surface area (Å²) in [7, 11) is -3.64. The summed E-state index contributed by atoms with van der Waals surface area (Å²) in [6.45, 7) is 7.30. The lowest BCUT2D eigenvalue weighted by atomic mass is 10.2. The first-order valence-electron chi connectivity index (χ1n) is 8.91. The fourth-order valence-electron chi connectivity index (χ4n) is 2.28. The van der Waals surface area contributed by atoms with Crippen molar-refractivity contribution in [3.05, 3.63) is 53.6 Å². The zero-order valence-corrected chi connectivity index (χ0v) is 16.4. The maximum absolute atomic E-state index is 12.6. The van der Waals surface area contributed by atoms with Crippen LogP contribution in [0.3, 0.4) is 0 Å². The molecule has 0 radical (unpaired) electrons. The molecule has 142 valence electrons. The average molecular weight is 378 g/mol. The van der Waals surface area contributed by atoms with Gasteiger partial charge in [0.25, 0.3) is 0 Å². The second-order valence-corrected chi connectivity index (χ2v) is 7.88. The van der Waals surface area contributed by atoms with Crippen molar-refractivity contribution >= 4 is 10.0 Å². The van der Waals surface area contributed by atoms with E-state index in [-0.39, 0.29) is 11.4 Å². The van der Waals surface area contributed by atoms with Gasteiger partial charge in [-0.15, -0.1) is 0 Å². The van der Waals surface area contributed by atoms with Gasteiger partial charge in [0.2, 0.25) is 10.0 Å². The van der Waals surface area contributed by atoms with Crippen LogP contribution in [-0.2, 0) is 16.6 Å². The Bertz CT molecular complexity index is 801. The molecule has 0 spiro atoms. The molecule has 2 rings (SSSR count). The van der Waals surface area contributed by atoms with Crippen molar-refractivity contribution in [1.82, 2.24) is 4.72 Å². The van der Waals surface area contributed by atoms with Crippen LogP contribution in [0, 0.1) is 6.92 Å². The van der Waals surface area contributed by atoms with Gasteiger partial charge in [0.1, 0.15) is 0 Å². The first-order valence-corrected chi connectivity index (χ1v) is 10.4. The van der Waals surface area contributed by atoms with Crippen LogP contribution >= 0.6 is 0 Å². The summed E-state index contributed by atoms with van der Waals surface area (Å²) in [5.74, 6) is 1.02. The summed E-state index contributed by atoms with van der Waals surface area (Å²) < 4.78 is 39.2. The molecular formula is C20H27NO4S. The van der Waals surface area contributed by atoms with Gasteiger partial charge in [-0.3, -0.25) is 0 Å². The van der Waals surface area contributed by atoms with Gasteiger partial charge in [-0.25, -0.2) is 13.1 Å². The monoisotopic (exact) mass is 377 g/mol. The number of aryl methyl sites for hydroxylation is 1.